The molecule has 0 aromatic rings. The van der Waals surface area contributed by atoms with Crippen LogP contribution in [0.5, 0.6) is 0 Å². The van der Waals surface area contributed by atoms with Crippen molar-refractivity contribution >= 4 is 11.8 Å². The first-order valence-electron chi connectivity index (χ1n) is 5.76. The summed E-state index contributed by atoms with van der Waals surface area (Å²) in [6.45, 7) is 3.06. The van der Waals surface area contributed by atoms with Crippen molar-refractivity contribution in [2.75, 3.05) is 33.4 Å². The maximum atomic E-state index is 11.7. The van der Waals surface area contributed by atoms with Gasteiger partial charge in [0.25, 0.3) is 0 Å². The number of aliphatic hydroxyl groups is 1. The van der Waals surface area contributed by atoms with Crippen molar-refractivity contribution < 1.29 is 19.4 Å². The SMILES string of the molecule is COCCN1CC(C(=O)N[C@H](C)CO)CC1=O. The van der Waals surface area contributed by atoms with Gasteiger partial charge in [-0.1, -0.05) is 0 Å². The summed E-state index contributed by atoms with van der Waals surface area (Å²) in [5, 5.41) is 11.5. The number of nitrogens with zero attached hydrogens (tertiary/aromatic N) is 1. The minimum atomic E-state index is -0.312. The normalized spacial score (nSPS) is 21.7. The number of rotatable bonds is 6. The van der Waals surface area contributed by atoms with E-state index in [2.05, 4.69) is 5.32 Å². The molecule has 2 amide bonds. The molecule has 1 heterocycles. The zero-order valence-electron chi connectivity index (χ0n) is 10.3. The van der Waals surface area contributed by atoms with Crippen molar-refractivity contribution in [1.29, 1.82) is 0 Å². The molecule has 1 unspecified atom stereocenters. The van der Waals surface area contributed by atoms with Gasteiger partial charge >= 0.3 is 0 Å². The van der Waals surface area contributed by atoms with Crippen LogP contribution < -0.4 is 5.32 Å². The van der Waals surface area contributed by atoms with Crippen LogP contribution in [0.25, 0.3) is 0 Å². The molecule has 1 aliphatic heterocycles. The van der Waals surface area contributed by atoms with E-state index in [4.69, 9.17) is 9.84 Å². The van der Waals surface area contributed by atoms with Gasteiger partial charge in [0.15, 0.2) is 0 Å². The smallest absolute Gasteiger partial charge is 0.225 e. The molecule has 1 saturated heterocycles. The largest absolute Gasteiger partial charge is 0.394 e. The van der Waals surface area contributed by atoms with Gasteiger partial charge < -0.3 is 20.1 Å². The maximum Gasteiger partial charge on any atom is 0.225 e. The third kappa shape index (κ3) is 3.98. The Bertz CT molecular complexity index is 283. The Balaban J connectivity index is 2.42. The van der Waals surface area contributed by atoms with Crippen LogP contribution in [0, 0.1) is 5.92 Å². The fraction of sp³-hybridized carbons (Fsp3) is 0.818. The van der Waals surface area contributed by atoms with Crippen molar-refractivity contribution in [3.63, 3.8) is 0 Å². The number of likely N-dealkylation sites (tertiary alicyclic amines) is 1. The van der Waals surface area contributed by atoms with Gasteiger partial charge in [-0.3, -0.25) is 9.59 Å². The highest BCUT2D eigenvalue weighted by atomic mass is 16.5. The van der Waals surface area contributed by atoms with Gasteiger partial charge in [0.05, 0.1) is 19.1 Å². The third-order valence-corrected chi connectivity index (χ3v) is 2.81. The van der Waals surface area contributed by atoms with E-state index < -0.39 is 0 Å². The Morgan fingerprint density at radius 3 is 3.00 bits per heavy atom. The number of ether oxygens (including phenoxy) is 1. The number of amides is 2. The van der Waals surface area contributed by atoms with Crippen molar-refractivity contribution in [2.45, 2.75) is 19.4 Å². The number of hydrogen-bond acceptors (Lipinski definition) is 4. The molecule has 2 N–H and O–H groups in total. The van der Waals surface area contributed by atoms with E-state index in [1.807, 2.05) is 0 Å². The minimum absolute atomic E-state index is 0.0150. The highest BCUT2D eigenvalue weighted by Gasteiger charge is 2.34. The van der Waals surface area contributed by atoms with Gasteiger partial charge in [0, 0.05) is 32.7 Å². The molecule has 17 heavy (non-hydrogen) atoms. The van der Waals surface area contributed by atoms with Gasteiger partial charge in [0.1, 0.15) is 0 Å². The number of methoxy groups -OCH3 is 1. The molecule has 6 nitrogen and oxygen atoms in total. The highest BCUT2D eigenvalue weighted by molar-refractivity contribution is 5.89. The Hall–Kier alpha value is -1.14. The molecule has 0 radical (unpaired) electrons. The van der Waals surface area contributed by atoms with E-state index in [0.717, 1.165) is 0 Å². The first kappa shape index (κ1) is 13.9. The lowest BCUT2D eigenvalue weighted by Crippen LogP contribution is -2.40. The molecule has 0 aromatic carbocycles. The van der Waals surface area contributed by atoms with Crippen LogP contribution >= 0.6 is 0 Å². The standard InChI is InChI=1S/C11H20N2O4/c1-8(7-14)12-11(16)9-5-10(15)13(6-9)3-4-17-2/h8-9,14H,3-7H2,1-2H3,(H,12,16)/t8-,9?/m1/s1. The van der Waals surface area contributed by atoms with Crippen LogP contribution in [-0.4, -0.2) is 61.3 Å². The van der Waals surface area contributed by atoms with Gasteiger partial charge in [-0.15, -0.1) is 0 Å². The molecule has 0 saturated carbocycles. The first-order chi connectivity index (χ1) is 8.08. The van der Waals surface area contributed by atoms with Crippen LogP contribution in [-0.2, 0) is 14.3 Å². The summed E-state index contributed by atoms with van der Waals surface area (Å²) in [5.74, 6) is -0.493. The lowest BCUT2D eigenvalue weighted by molar-refractivity contribution is -0.129. The Labute approximate surface area is 101 Å². The maximum absolute atomic E-state index is 11.7. The number of hydrogen-bond donors (Lipinski definition) is 2. The first-order valence-corrected chi connectivity index (χ1v) is 5.76. The fourth-order valence-electron chi connectivity index (χ4n) is 1.77. The van der Waals surface area contributed by atoms with E-state index in [9.17, 15) is 9.59 Å². The molecule has 2 atom stereocenters. The van der Waals surface area contributed by atoms with E-state index in [0.29, 0.717) is 19.7 Å². The summed E-state index contributed by atoms with van der Waals surface area (Å²) in [7, 11) is 1.58. The molecule has 1 aliphatic rings. The monoisotopic (exact) mass is 244 g/mol. The number of carbonyl (C=O) groups is 2. The van der Waals surface area contributed by atoms with E-state index in [-0.39, 0.29) is 36.8 Å². The molecule has 1 rings (SSSR count). The van der Waals surface area contributed by atoms with Crippen molar-refractivity contribution in [3.05, 3.63) is 0 Å². The van der Waals surface area contributed by atoms with E-state index in [1.54, 1.807) is 18.9 Å². The summed E-state index contributed by atoms with van der Waals surface area (Å²) in [5.41, 5.74) is 0. The molecule has 1 fully saturated rings. The second kappa shape index (κ2) is 6.56. The van der Waals surface area contributed by atoms with Gasteiger partial charge in [-0.2, -0.15) is 0 Å². The molecule has 98 valence electrons. The predicted molar refractivity (Wildman–Crippen MR) is 61.3 cm³/mol. The third-order valence-electron chi connectivity index (χ3n) is 2.81. The summed E-state index contributed by atoms with van der Waals surface area (Å²) >= 11 is 0. The van der Waals surface area contributed by atoms with Crippen molar-refractivity contribution in [2.24, 2.45) is 5.92 Å². The molecular weight excluding hydrogens is 224 g/mol. The van der Waals surface area contributed by atoms with Crippen LogP contribution in [0.2, 0.25) is 0 Å². The average Bonchev–Trinajstić information content (AvgIpc) is 2.68. The molecule has 0 spiro atoms. The van der Waals surface area contributed by atoms with E-state index >= 15 is 0 Å². The zero-order chi connectivity index (χ0) is 12.8. The van der Waals surface area contributed by atoms with Crippen molar-refractivity contribution in [3.8, 4) is 0 Å². The topological polar surface area (TPSA) is 78.9 Å². The van der Waals surface area contributed by atoms with Gasteiger partial charge in [0.2, 0.25) is 11.8 Å². The van der Waals surface area contributed by atoms with Crippen molar-refractivity contribution in [1.82, 2.24) is 10.2 Å². The molecular formula is C11H20N2O4. The Morgan fingerprint density at radius 1 is 1.71 bits per heavy atom. The number of aliphatic hydroxyl groups excluding tert-OH is 1. The summed E-state index contributed by atoms with van der Waals surface area (Å²) in [4.78, 5) is 25.0. The summed E-state index contributed by atoms with van der Waals surface area (Å²) < 4.78 is 4.90. The Kier molecular flexibility index (Phi) is 5.37. The fourth-order valence-corrected chi connectivity index (χ4v) is 1.77. The lowest BCUT2D eigenvalue weighted by atomic mass is 10.1. The molecule has 0 aromatic heterocycles. The molecule has 0 bridgehead atoms. The van der Waals surface area contributed by atoms with Gasteiger partial charge in [-0.25, -0.2) is 0 Å². The Morgan fingerprint density at radius 2 is 2.41 bits per heavy atom. The quantitative estimate of drug-likeness (QED) is 0.627. The second-order valence-corrected chi connectivity index (χ2v) is 4.33. The number of carbonyl (C=O) groups excluding carboxylic acids is 2. The van der Waals surface area contributed by atoms with Crippen LogP contribution in [0.15, 0.2) is 0 Å². The second-order valence-electron chi connectivity index (χ2n) is 4.33. The van der Waals surface area contributed by atoms with Gasteiger partial charge in [-0.05, 0) is 6.92 Å². The highest BCUT2D eigenvalue weighted by Crippen LogP contribution is 2.17. The predicted octanol–water partition coefficient (Wildman–Crippen LogP) is -1.02. The average molecular weight is 244 g/mol. The number of nitrogens with one attached hydrogen (secondary N) is 1. The zero-order valence-corrected chi connectivity index (χ0v) is 10.3. The summed E-state index contributed by atoms with van der Waals surface area (Å²) in [6, 6.07) is -0.273. The van der Waals surface area contributed by atoms with E-state index in [1.165, 1.54) is 0 Å². The molecule has 6 heteroatoms. The van der Waals surface area contributed by atoms with Crippen LogP contribution in [0.4, 0.5) is 0 Å². The summed E-state index contributed by atoms with van der Waals surface area (Å²) in [6.07, 6.45) is 0.244. The molecule has 0 aliphatic carbocycles. The van der Waals surface area contributed by atoms with Crippen LogP contribution in [0.1, 0.15) is 13.3 Å². The van der Waals surface area contributed by atoms with Crippen LogP contribution in [0.3, 0.4) is 0 Å². The minimum Gasteiger partial charge on any atom is -0.394 e. The lowest BCUT2D eigenvalue weighted by Gasteiger charge is -2.17.